The molecule has 0 aliphatic heterocycles. The van der Waals surface area contributed by atoms with Crippen molar-refractivity contribution in [1.82, 2.24) is 4.98 Å². The zero-order valence-corrected chi connectivity index (χ0v) is 17.4. The number of nitrogens with zero attached hydrogens (tertiary/aromatic N) is 1. The van der Waals surface area contributed by atoms with Gasteiger partial charge in [-0.15, -0.1) is 11.8 Å². The molecule has 0 saturated heterocycles. The molecule has 3 aromatic rings. The lowest BCUT2D eigenvalue weighted by molar-refractivity contribution is -0.113. The van der Waals surface area contributed by atoms with Crippen LogP contribution in [-0.4, -0.2) is 36.8 Å². The fourth-order valence-corrected chi connectivity index (χ4v) is 3.28. The summed E-state index contributed by atoms with van der Waals surface area (Å²) in [5.74, 6) is 1.43. The molecule has 0 aliphatic rings. The molecule has 1 heterocycles. The highest BCUT2D eigenvalue weighted by Gasteiger charge is 2.11. The summed E-state index contributed by atoms with van der Waals surface area (Å²) < 4.78 is 10.4. The van der Waals surface area contributed by atoms with Crippen LogP contribution in [0.2, 0.25) is 0 Å². The summed E-state index contributed by atoms with van der Waals surface area (Å²) in [5.41, 5.74) is 1.11. The number of thioether (sulfide) groups is 1. The van der Waals surface area contributed by atoms with Crippen molar-refractivity contribution in [3.05, 3.63) is 72.4 Å². The first kappa shape index (κ1) is 21.2. The van der Waals surface area contributed by atoms with Gasteiger partial charge in [0.15, 0.2) is 11.5 Å². The molecule has 2 amide bonds. The molecule has 2 aromatic carbocycles. The van der Waals surface area contributed by atoms with Crippen LogP contribution in [0.3, 0.4) is 0 Å². The van der Waals surface area contributed by atoms with Crippen molar-refractivity contribution in [1.29, 1.82) is 0 Å². The van der Waals surface area contributed by atoms with Crippen molar-refractivity contribution in [3.63, 3.8) is 0 Å². The normalized spacial score (nSPS) is 10.2. The van der Waals surface area contributed by atoms with Crippen molar-refractivity contribution < 1.29 is 19.1 Å². The van der Waals surface area contributed by atoms with Crippen molar-refractivity contribution in [3.8, 4) is 11.5 Å². The van der Waals surface area contributed by atoms with Crippen molar-refractivity contribution in [2.45, 2.75) is 4.90 Å². The minimum atomic E-state index is -0.258. The van der Waals surface area contributed by atoms with Gasteiger partial charge in [-0.2, -0.15) is 0 Å². The monoisotopic (exact) mass is 423 g/mol. The van der Waals surface area contributed by atoms with Gasteiger partial charge in [0, 0.05) is 22.3 Å². The van der Waals surface area contributed by atoms with E-state index in [9.17, 15) is 9.59 Å². The number of carbonyl (C=O) groups is 2. The maximum Gasteiger partial charge on any atom is 0.255 e. The fourth-order valence-electron chi connectivity index (χ4n) is 2.58. The number of anilines is 2. The predicted octanol–water partition coefficient (Wildman–Crippen LogP) is 4.08. The van der Waals surface area contributed by atoms with Gasteiger partial charge in [-0.1, -0.05) is 6.07 Å². The maximum absolute atomic E-state index is 12.5. The van der Waals surface area contributed by atoms with Crippen LogP contribution >= 0.6 is 11.8 Å². The predicted molar refractivity (Wildman–Crippen MR) is 118 cm³/mol. The van der Waals surface area contributed by atoms with Crippen LogP contribution in [0.25, 0.3) is 0 Å². The topological polar surface area (TPSA) is 89.5 Å². The Bertz CT molecular complexity index is 1010. The molecule has 0 unspecified atom stereocenters. The standard InChI is InChI=1S/C22H21N3O4S/c1-28-18-11-6-15(13-19(18)29-2)22(27)24-16-7-9-17(10-8-16)30-14-21(26)25-20-5-3-4-12-23-20/h3-13H,14H2,1-2H3,(H,24,27)(H,23,25,26). The number of benzene rings is 2. The van der Waals surface area contributed by atoms with Crippen LogP contribution in [0.1, 0.15) is 10.4 Å². The minimum Gasteiger partial charge on any atom is -0.493 e. The molecule has 1 aromatic heterocycles. The summed E-state index contributed by atoms with van der Waals surface area (Å²) >= 11 is 1.40. The fraction of sp³-hybridized carbons (Fsp3) is 0.136. The van der Waals surface area contributed by atoms with E-state index in [2.05, 4.69) is 15.6 Å². The Labute approximate surface area is 178 Å². The van der Waals surface area contributed by atoms with E-state index < -0.39 is 0 Å². The van der Waals surface area contributed by atoms with Gasteiger partial charge in [-0.25, -0.2) is 4.98 Å². The molecule has 3 rings (SSSR count). The van der Waals surface area contributed by atoms with Crippen LogP contribution in [0.15, 0.2) is 71.8 Å². The first-order valence-electron chi connectivity index (χ1n) is 9.06. The average Bonchev–Trinajstić information content (AvgIpc) is 2.78. The Morgan fingerprint density at radius 3 is 2.37 bits per heavy atom. The van der Waals surface area contributed by atoms with Crippen LogP contribution in [-0.2, 0) is 4.79 Å². The van der Waals surface area contributed by atoms with E-state index in [1.54, 1.807) is 55.8 Å². The smallest absolute Gasteiger partial charge is 0.255 e. The lowest BCUT2D eigenvalue weighted by atomic mass is 10.2. The quantitative estimate of drug-likeness (QED) is 0.531. The summed E-state index contributed by atoms with van der Waals surface area (Å²) in [5, 5.41) is 5.58. The molecule has 0 fully saturated rings. The summed E-state index contributed by atoms with van der Waals surface area (Å²) in [6, 6.07) is 17.6. The Morgan fingerprint density at radius 2 is 1.70 bits per heavy atom. The molecule has 0 bridgehead atoms. The first-order chi connectivity index (χ1) is 14.6. The van der Waals surface area contributed by atoms with E-state index in [-0.39, 0.29) is 17.6 Å². The molecule has 0 saturated carbocycles. The highest BCUT2D eigenvalue weighted by atomic mass is 32.2. The molecule has 0 radical (unpaired) electrons. The van der Waals surface area contributed by atoms with Crippen LogP contribution in [0, 0.1) is 0 Å². The lowest BCUT2D eigenvalue weighted by Gasteiger charge is -2.10. The Morgan fingerprint density at radius 1 is 0.933 bits per heavy atom. The third kappa shape index (κ3) is 5.74. The Balaban J connectivity index is 1.54. The minimum absolute atomic E-state index is 0.135. The highest BCUT2D eigenvalue weighted by Crippen LogP contribution is 2.28. The van der Waals surface area contributed by atoms with Gasteiger partial charge >= 0.3 is 0 Å². The van der Waals surface area contributed by atoms with E-state index >= 15 is 0 Å². The maximum atomic E-state index is 12.5. The molecule has 30 heavy (non-hydrogen) atoms. The van der Waals surface area contributed by atoms with E-state index in [1.807, 2.05) is 18.2 Å². The number of rotatable bonds is 8. The van der Waals surface area contributed by atoms with Gasteiger partial charge in [-0.3, -0.25) is 9.59 Å². The number of amides is 2. The second-order valence-corrected chi connectivity index (χ2v) is 7.15. The first-order valence-corrected chi connectivity index (χ1v) is 10.0. The van der Waals surface area contributed by atoms with Gasteiger partial charge in [0.2, 0.25) is 5.91 Å². The molecule has 7 nitrogen and oxygen atoms in total. The highest BCUT2D eigenvalue weighted by molar-refractivity contribution is 8.00. The van der Waals surface area contributed by atoms with Crippen molar-refractivity contribution in [2.75, 3.05) is 30.6 Å². The number of carbonyl (C=O) groups excluding carboxylic acids is 2. The Kier molecular flexibility index (Phi) is 7.29. The number of nitrogens with one attached hydrogen (secondary N) is 2. The third-order valence-electron chi connectivity index (χ3n) is 4.06. The summed E-state index contributed by atoms with van der Waals surface area (Å²) in [4.78, 5) is 29.5. The van der Waals surface area contributed by atoms with Crippen molar-refractivity contribution in [2.24, 2.45) is 0 Å². The zero-order valence-electron chi connectivity index (χ0n) is 16.5. The van der Waals surface area contributed by atoms with Gasteiger partial charge in [0.05, 0.1) is 20.0 Å². The van der Waals surface area contributed by atoms with Crippen molar-refractivity contribution >= 4 is 35.1 Å². The van der Waals surface area contributed by atoms with Gasteiger partial charge in [-0.05, 0) is 54.6 Å². The average molecular weight is 423 g/mol. The molecule has 0 atom stereocenters. The number of aromatic nitrogens is 1. The third-order valence-corrected chi connectivity index (χ3v) is 5.07. The zero-order chi connectivity index (χ0) is 21.3. The molecule has 0 spiro atoms. The SMILES string of the molecule is COc1ccc(C(=O)Nc2ccc(SCC(=O)Nc3ccccn3)cc2)cc1OC. The van der Waals surface area contributed by atoms with E-state index in [0.29, 0.717) is 28.6 Å². The van der Waals surface area contributed by atoms with E-state index in [0.717, 1.165) is 4.90 Å². The number of pyridine rings is 1. The molecular weight excluding hydrogens is 402 g/mol. The molecular formula is C22H21N3O4S. The molecule has 8 heteroatoms. The largest absolute Gasteiger partial charge is 0.493 e. The van der Waals surface area contributed by atoms with E-state index in [4.69, 9.17) is 9.47 Å². The number of hydrogen-bond acceptors (Lipinski definition) is 6. The van der Waals surface area contributed by atoms with E-state index in [1.165, 1.54) is 18.9 Å². The molecule has 0 aliphatic carbocycles. The number of hydrogen-bond donors (Lipinski definition) is 2. The van der Waals surface area contributed by atoms with Crippen LogP contribution < -0.4 is 20.1 Å². The molecule has 154 valence electrons. The second-order valence-electron chi connectivity index (χ2n) is 6.10. The summed E-state index contributed by atoms with van der Waals surface area (Å²) in [6.45, 7) is 0. The van der Waals surface area contributed by atoms with Gasteiger partial charge in [0.1, 0.15) is 5.82 Å². The summed E-state index contributed by atoms with van der Waals surface area (Å²) in [7, 11) is 3.06. The number of ether oxygens (including phenoxy) is 2. The Hall–Kier alpha value is -3.52. The van der Waals surface area contributed by atoms with Crippen LogP contribution in [0.5, 0.6) is 11.5 Å². The second kappa shape index (κ2) is 10.3. The van der Waals surface area contributed by atoms with Crippen LogP contribution in [0.4, 0.5) is 11.5 Å². The number of methoxy groups -OCH3 is 2. The van der Waals surface area contributed by atoms with Gasteiger partial charge in [0.25, 0.3) is 5.91 Å². The molecule has 2 N–H and O–H groups in total. The summed E-state index contributed by atoms with van der Waals surface area (Å²) in [6.07, 6.45) is 1.62. The van der Waals surface area contributed by atoms with Gasteiger partial charge < -0.3 is 20.1 Å². The lowest BCUT2D eigenvalue weighted by Crippen LogP contribution is -2.14.